The molecule has 158 valence electrons. The summed E-state index contributed by atoms with van der Waals surface area (Å²) in [6.45, 7) is 3.54. The molecule has 1 aromatic heterocycles. The number of ether oxygens (including phenoxy) is 1. The molecule has 0 aromatic carbocycles. The standard InChI is InChI=1S/C23H33N3O3/c1-2-6-18-19-8-3-9-21(27)26-14-5-11-23(19,26)12-10-20(18)29-22(28)25-16-17-7-4-13-24-15-17/h4,7,13,15,18-20H,2-3,5-6,8-12,14,16H2,1H3,(H,25,28)/t18-,19+,20+,23-/m1/s1. The van der Waals surface area contributed by atoms with Crippen LogP contribution in [0.5, 0.6) is 0 Å². The molecule has 6 nitrogen and oxygen atoms in total. The number of aromatic nitrogens is 1. The Morgan fingerprint density at radius 2 is 2.24 bits per heavy atom. The fourth-order valence-corrected chi connectivity index (χ4v) is 6.18. The van der Waals surface area contributed by atoms with Gasteiger partial charge < -0.3 is 15.0 Å². The van der Waals surface area contributed by atoms with E-state index in [1.165, 1.54) is 0 Å². The number of rotatable bonds is 5. The Labute approximate surface area is 173 Å². The van der Waals surface area contributed by atoms with E-state index in [0.29, 0.717) is 30.7 Å². The monoisotopic (exact) mass is 399 g/mol. The lowest BCUT2D eigenvalue weighted by molar-refractivity contribution is -0.141. The molecule has 0 bridgehead atoms. The summed E-state index contributed by atoms with van der Waals surface area (Å²) in [5.41, 5.74) is 0.973. The van der Waals surface area contributed by atoms with Gasteiger partial charge in [0.1, 0.15) is 6.10 Å². The van der Waals surface area contributed by atoms with Gasteiger partial charge in [0.05, 0.1) is 0 Å². The molecule has 3 heterocycles. The van der Waals surface area contributed by atoms with Gasteiger partial charge in [-0.05, 0) is 62.5 Å². The molecule has 2 saturated heterocycles. The molecule has 4 rings (SSSR count). The first-order chi connectivity index (χ1) is 14.1. The van der Waals surface area contributed by atoms with Gasteiger partial charge in [-0.25, -0.2) is 4.79 Å². The second-order valence-electron chi connectivity index (χ2n) is 8.90. The third-order valence-corrected chi connectivity index (χ3v) is 7.32. The van der Waals surface area contributed by atoms with Crippen LogP contribution >= 0.6 is 0 Å². The quantitative estimate of drug-likeness (QED) is 0.811. The van der Waals surface area contributed by atoms with Crippen molar-refractivity contribution in [1.82, 2.24) is 15.2 Å². The van der Waals surface area contributed by atoms with Crippen molar-refractivity contribution >= 4 is 12.0 Å². The minimum absolute atomic E-state index is 0.0134. The summed E-state index contributed by atoms with van der Waals surface area (Å²) in [4.78, 5) is 31.5. The van der Waals surface area contributed by atoms with Crippen molar-refractivity contribution in [3.63, 3.8) is 0 Å². The summed E-state index contributed by atoms with van der Waals surface area (Å²) in [5.74, 6) is 1.12. The van der Waals surface area contributed by atoms with Crippen molar-refractivity contribution in [3.05, 3.63) is 30.1 Å². The number of carbonyl (C=O) groups excluding carboxylic acids is 2. The van der Waals surface area contributed by atoms with E-state index in [4.69, 9.17) is 4.74 Å². The van der Waals surface area contributed by atoms with Crippen LogP contribution in [0.2, 0.25) is 0 Å². The number of alkyl carbamates (subject to hydrolysis) is 1. The molecule has 1 saturated carbocycles. The number of nitrogens with one attached hydrogen (secondary N) is 1. The molecular weight excluding hydrogens is 366 g/mol. The van der Waals surface area contributed by atoms with Gasteiger partial charge in [-0.1, -0.05) is 19.4 Å². The van der Waals surface area contributed by atoms with E-state index in [1.807, 2.05) is 12.1 Å². The second-order valence-corrected chi connectivity index (χ2v) is 8.90. The van der Waals surface area contributed by atoms with Gasteiger partial charge in [0.2, 0.25) is 5.91 Å². The van der Waals surface area contributed by atoms with Crippen molar-refractivity contribution in [1.29, 1.82) is 0 Å². The van der Waals surface area contributed by atoms with E-state index in [9.17, 15) is 9.59 Å². The molecule has 1 spiro atoms. The van der Waals surface area contributed by atoms with Crippen LogP contribution in [0.4, 0.5) is 4.79 Å². The molecule has 4 atom stereocenters. The van der Waals surface area contributed by atoms with Crippen LogP contribution in [0.25, 0.3) is 0 Å². The summed E-state index contributed by atoms with van der Waals surface area (Å²) in [6, 6.07) is 3.80. The van der Waals surface area contributed by atoms with Gasteiger partial charge in [0.25, 0.3) is 0 Å². The van der Waals surface area contributed by atoms with Gasteiger partial charge in [0.15, 0.2) is 0 Å². The van der Waals surface area contributed by atoms with Crippen molar-refractivity contribution in [2.24, 2.45) is 11.8 Å². The number of hydrogen-bond acceptors (Lipinski definition) is 4. The van der Waals surface area contributed by atoms with Gasteiger partial charge in [-0.2, -0.15) is 0 Å². The molecule has 29 heavy (non-hydrogen) atoms. The number of carbonyl (C=O) groups is 2. The Morgan fingerprint density at radius 1 is 1.34 bits per heavy atom. The maximum absolute atomic E-state index is 12.7. The van der Waals surface area contributed by atoms with Crippen molar-refractivity contribution in [2.75, 3.05) is 6.54 Å². The van der Waals surface area contributed by atoms with Crippen LogP contribution in [0.3, 0.4) is 0 Å². The normalized spacial score (nSPS) is 31.6. The number of pyridine rings is 1. The smallest absolute Gasteiger partial charge is 0.407 e. The largest absolute Gasteiger partial charge is 0.446 e. The number of nitrogens with zero attached hydrogens (tertiary/aromatic N) is 2. The Bertz CT molecular complexity index is 725. The topological polar surface area (TPSA) is 71.5 Å². The molecule has 0 radical (unpaired) electrons. The van der Waals surface area contributed by atoms with E-state index in [-0.39, 0.29) is 17.7 Å². The van der Waals surface area contributed by atoms with Gasteiger partial charge >= 0.3 is 6.09 Å². The van der Waals surface area contributed by atoms with Gasteiger partial charge in [0, 0.05) is 43.4 Å². The summed E-state index contributed by atoms with van der Waals surface area (Å²) in [5, 5.41) is 2.88. The van der Waals surface area contributed by atoms with Crippen LogP contribution in [0, 0.1) is 11.8 Å². The van der Waals surface area contributed by atoms with E-state index >= 15 is 0 Å². The summed E-state index contributed by atoms with van der Waals surface area (Å²) < 4.78 is 5.97. The van der Waals surface area contributed by atoms with Gasteiger partial charge in [-0.15, -0.1) is 0 Å². The number of hydrogen-bond donors (Lipinski definition) is 1. The van der Waals surface area contributed by atoms with Crippen LogP contribution in [-0.4, -0.2) is 40.1 Å². The SMILES string of the molecule is CCC[C@H]1[C@@H](OC(=O)NCc2cccnc2)CC[C@@]23CCCN2C(=O)CCC[C@@H]13. The van der Waals surface area contributed by atoms with Crippen LogP contribution in [0.1, 0.15) is 70.3 Å². The Hall–Kier alpha value is -2.11. The molecule has 2 aliphatic heterocycles. The van der Waals surface area contributed by atoms with Crippen molar-refractivity contribution in [2.45, 2.75) is 82.9 Å². The zero-order valence-electron chi connectivity index (χ0n) is 17.4. The molecule has 1 aliphatic carbocycles. The van der Waals surface area contributed by atoms with E-state index in [0.717, 1.165) is 63.5 Å². The minimum Gasteiger partial charge on any atom is -0.446 e. The predicted molar refractivity (Wildman–Crippen MR) is 110 cm³/mol. The maximum Gasteiger partial charge on any atom is 0.407 e. The third-order valence-electron chi connectivity index (χ3n) is 7.32. The van der Waals surface area contributed by atoms with E-state index < -0.39 is 0 Å². The summed E-state index contributed by atoms with van der Waals surface area (Å²) in [7, 11) is 0. The first kappa shape index (κ1) is 20.2. The van der Waals surface area contributed by atoms with E-state index in [1.54, 1.807) is 12.4 Å². The average molecular weight is 400 g/mol. The molecule has 6 heteroatoms. The van der Waals surface area contributed by atoms with Crippen molar-refractivity contribution in [3.8, 4) is 0 Å². The lowest BCUT2D eigenvalue weighted by Crippen LogP contribution is -2.58. The maximum atomic E-state index is 12.7. The van der Waals surface area contributed by atoms with Crippen LogP contribution < -0.4 is 5.32 Å². The highest BCUT2D eigenvalue weighted by Gasteiger charge is 2.56. The molecule has 1 N–H and O–H groups in total. The Balaban J connectivity index is 1.46. The highest BCUT2D eigenvalue weighted by molar-refractivity contribution is 5.78. The zero-order valence-corrected chi connectivity index (χ0v) is 17.4. The fraction of sp³-hybridized carbons (Fsp3) is 0.696. The molecule has 3 aliphatic rings. The fourth-order valence-electron chi connectivity index (χ4n) is 6.18. The zero-order chi connectivity index (χ0) is 20.3. The number of amides is 2. The molecule has 2 amide bonds. The Kier molecular flexibility index (Phi) is 6.07. The highest BCUT2D eigenvalue weighted by atomic mass is 16.6. The highest BCUT2D eigenvalue weighted by Crippen LogP contribution is 2.53. The third kappa shape index (κ3) is 3.99. The Morgan fingerprint density at radius 3 is 3.03 bits per heavy atom. The van der Waals surface area contributed by atoms with Crippen LogP contribution in [-0.2, 0) is 16.1 Å². The van der Waals surface area contributed by atoms with Gasteiger partial charge in [-0.3, -0.25) is 9.78 Å². The minimum atomic E-state index is -0.344. The summed E-state index contributed by atoms with van der Waals surface area (Å²) >= 11 is 0. The second kappa shape index (κ2) is 8.72. The van der Waals surface area contributed by atoms with Crippen molar-refractivity contribution < 1.29 is 14.3 Å². The predicted octanol–water partition coefficient (Wildman–Crippen LogP) is 4.05. The molecule has 0 unspecified atom stereocenters. The first-order valence-corrected chi connectivity index (χ1v) is 11.3. The summed E-state index contributed by atoms with van der Waals surface area (Å²) in [6.07, 6.45) is 11.9. The molecular formula is C23H33N3O3. The molecule has 3 fully saturated rings. The lowest BCUT2D eigenvalue weighted by Gasteiger charge is -2.52. The van der Waals surface area contributed by atoms with Crippen LogP contribution in [0.15, 0.2) is 24.5 Å². The lowest BCUT2D eigenvalue weighted by atomic mass is 9.62. The first-order valence-electron chi connectivity index (χ1n) is 11.3. The average Bonchev–Trinajstić information content (AvgIpc) is 3.10. The molecule has 1 aromatic rings. The van der Waals surface area contributed by atoms with E-state index in [2.05, 4.69) is 22.1 Å².